The number of carbonyl (C=O) groups is 1. The number of sulfone groups is 1. The molecule has 0 spiro atoms. The van der Waals surface area contributed by atoms with Crippen molar-refractivity contribution in [1.29, 1.82) is 0 Å². The summed E-state index contributed by atoms with van der Waals surface area (Å²) in [5, 5.41) is 13.4. The van der Waals surface area contributed by atoms with Gasteiger partial charge in [0.25, 0.3) is 5.69 Å². The quantitative estimate of drug-likeness (QED) is 0.587. The first kappa shape index (κ1) is 18.1. The van der Waals surface area contributed by atoms with Crippen LogP contribution >= 0.6 is 0 Å². The van der Waals surface area contributed by atoms with E-state index in [9.17, 15) is 23.3 Å². The molecular weight excluding hydrogens is 338 g/mol. The molecule has 1 heterocycles. The zero-order valence-corrected chi connectivity index (χ0v) is 14.0. The molecule has 2 rings (SSSR count). The predicted octanol–water partition coefficient (Wildman–Crippen LogP) is 0.662. The topological polar surface area (TPSA) is 119 Å². The lowest BCUT2D eigenvalue weighted by Gasteiger charge is -2.26. The molecule has 0 saturated carbocycles. The largest absolute Gasteiger partial charge is 0.494 e. The van der Waals surface area contributed by atoms with E-state index in [0.29, 0.717) is 25.3 Å². The van der Waals surface area contributed by atoms with Gasteiger partial charge in [0.05, 0.1) is 35.3 Å². The van der Waals surface area contributed by atoms with Crippen LogP contribution in [0.2, 0.25) is 0 Å². The summed E-state index contributed by atoms with van der Waals surface area (Å²) < 4.78 is 27.8. The van der Waals surface area contributed by atoms with Gasteiger partial charge in [-0.15, -0.1) is 0 Å². The molecule has 1 saturated heterocycles. The summed E-state index contributed by atoms with van der Waals surface area (Å²) in [4.78, 5) is 24.1. The smallest absolute Gasteiger partial charge is 0.273 e. The number of nitrogens with zero attached hydrogens (tertiary/aromatic N) is 2. The number of nitro groups is 1. The first-order valence-corrected chi connectivity index (χ1v) is 9.18. The maximum absolute atomic E-state index is 12.0. The molecule has 10 heteroatoms. The second kappa shape index (κ2) is 7.58. The van der Waals surface area contributed by atoms with Gasteiger partial charge in [-0.1, -0.05) is 0 Å². The summed E-state index contributed by atoms with van der Waals surface area (Å²) in [6.45, 7) is 1.31. The van der Waals surface area contributed by atoms with Crippen LogP contribution in [-0.2, 0) is 14.6 Å². The Hall–Kier alpha value is -2.20. The van der Waals surface area contributed by atoms with Crippen LogP contribution in [0.5, 0.6) is 5.75 Å². The fourth-order valence-electron chi connectivity index (χ4n) is 2.34. The molecule has 1 aromatic carbocycles. The molecule has 0 unspecified atom stereocenters. The Morgan fingerprint density at radius 2 is 2.04 bits per heavy atom. The number of non-ortho nitro benzene ring substituents is 1. The second-order valence-corrected chi connectivity index (χ2v) is 7.74. The molecule has 1 aliphatic heterocycles. The summed E-state index contributed by atoms with van der Waals surface area (Å²) in [6, 6.07) is 3.95. The summed E-state index contributed by atoms with van der Waals surface area (Å²) in [6.07, 6.45) is 0.195. The highest BCUT2D eigenvalue weighted by Gasteiger charge is 2.22. The van der Waals surface area contributed by atoms with Crippen molar-refractivity contribution in [3.8, 4) is 5.75 Å². The van der Waals surface area contributed by atoms with Crippen molar-refractivity contribution < 1.29 is 22.9 Å². The average Bonchev–Trinajstić information content (AvgIpc) is 2.54. The Kier molecular flexibility index (Phi) is 5.73. The van der Waals surface area contributed by atoms with E-state index in [1.807, 2.05) is 4.90 Å². The number of nitro benzene ring substituents is 1. The highest BCUT2D eigenvalue weighted by atomic mass is 32.2. The molecule has 132 valence electrons. The van der Waals surface area contributed by atoms with Gasteiger partial charge in [-0.2, -0.15) is 0 Å². The number of anilines is 1. The Balaban J connectivity index is 1.89. The van der Waals surface area contributed by atoms with E-state index in [2.05, 4.69) is 5.32 Å². The molecule has 0 atom stereocenters. The molecule has 1 aliphatic rings. The minimum absolute atomic E-state index is 0.116. The van der Waals surface area contributed by atoms with E-state index in [1.54, 1.807) is 0 Å². The lowest BCUT2D eigenvalue weighted by molar-refractivity contribution is -0.384. The molecule has 0 bridgehead atoms. The van der Waals surface area contributed by atoms with Gasteiger partial charge in [-0.25, -0.2) is 8.42 Å². The third-order valence-corrected chi connectivity index (χ3v) is 5.37. The van der Waals surface area contributed by atoms with Gasteiger partial charge < -0.3 is 15.0 Å². The number of hydrogen-bond acceptors (Lipinski definition) is 7. The van der Waals surface area contributed by atoms with Gasteiger partial charge in [-0.05, 0) is 6.07 Å². The predicted molar refractivity (Wildman–Crippen MR) is 88.0 cm³/mol. The van der Waals surface area contributed by atoms with Crippen LogP contribution < -0.4 is 10.1 Å². The van der Waals surface area contributed by atoms with Crippen LogP contribution in [0.4, 0.5) is 11.4 Å². The number of rotatable bonds is 6. The Labute approximate surface area is 139 Å². The van der Waals surface area contributed by atoms with Crippen LogP contribution in [0.25, 0.3) is 0 Å². The van der Waals surface area contributed by atoms with Gasteiger partial charge in [0, 0.05) is 32.1 Å². The van der Waals surface area contributed by atoms with Crippen molar-refractivity contribution in [3.05, 3.63) is 28.3 Å². The molecule has 9 nitrogen and oxygen atoms in total. The van der Waals surface area contributed by atoms with Crippen molar-refractivity contribution in [3.63, 3.8) is 0 Å². The van der Waals surface area contributed by atoms with Crippen LogP contribution in [0.3, 0.4) is 0 Å². The Morgan fingerprint density at radius 3 is 2.62 bits per heavy atom. The molecule has 24 heavy (non-hydrogen) atoms. The van der Waals surface area contributed by atoms with Crippen molar-refractivity contribution in [2.45, 2.75) is 6.42 Å². The van der Waals surface area contributed by atoms with Gasteiger partial charge in [0.2, 0.25) is 5.91 Å². The third kappa shape index (κ3) is 4.90. The number of nitrogens with one attached hydrogen (secondary N) is 1. The van der Waals surface area contributed by atoms with E-state index in [0.717, 1.165) is 0 Å². The Bertz CT molecular complexity index is 720. The number of hydrogen-bond donors (Lipinski definition) is 1. The summed E-state index contributed by atoms with van der Waals surface area (Å²) >= 11 is 0. The molecule has 1 fully saturated rings. The maximum atomic E-state index is 12.0. The zero-order chi connectivity index (χ0) is 17.7. The molecule has 1 N–H and O–H groups in total. The monoisotopic (exact) mass is 357 g/mol. The van der Waals surface area contributed by atoms with E-state index >= 15 is 0 Å². The first-order chi connectivity index (χ1) is 11.3. The van der Waals surface area contributed by atoms with Gasteiger partial charge in [-0.3, -0.25) is 14.9 Å². The SMILES string of the molecule is COc1cc([N+](=O)[O-])ccc1NC(=O)CCN1CCS(=O)(=O)CC1. The average molecular weight is 357 g/mol. The van der Waals surface area contributed by atoms with Gasteiger partial charge >= 0.3 is 0 Å². The van der Waals surface area contributed by atoms with Gasteiger partial charge in [0.1, 0.15) is 5.75 Å². The fraction of sp³-hybridized carbons (Fsp3) is 0.500. The number of methoxy groups -OCH3 is 1. The lowest BCUT2D eigenvalue weighted by atomic mass is 10.2. The Morgan fingerprint density at radius 1 is 1.38 bits per heavy atom. The van der Waals surface area contributed by atoms with Crippen LogP contribution in [0.1, 0.15) is 6.42 Å². The van der Waals surface area contributed by atoms with Crippen molar-refractivity contribution in [1.82, 2.24) is 4.90 Å². The summed E-state index contributed by atoms with van der Waals surface area (Å²) in [5.74, 6) is 0.174. The molecule has 1 amide bonds. The number of ether oxygens (including phenoxy) is 1. The standard InChI is InChI=1S/C14H19N3O6S/c1-23-13-10-11(17(19)20)2-3-12(13)15-14(18)4-5-16-6-8-24(21,22)9-7-16/h2-3,10H,4-9H2,1H3,(H,15,18). The number of carbonyl (C=O) groups excluding carboxylic acids is 1. The van der Waals surface area contributed by atoms with Crippen molar-refractivity contribution in [2.24, 2.45) is 0 Å². The molecule has 0 aliphatic carbocycles. The van der Waals surface area contributed by atoms with E-state index < -0.39 is 14.8 Å². The van der Waals surface area contributed by atoms with Crippen molar-refractivity contribution >= 4 is 27.1 Å². The van der Waals surface area contributed by atoms with Crippen LogP contribution in [0.15, 0.2) is 18.2 Å². The van der Waals surface area contributed by atoms with Crippen LogP contribution in [0, 0.1) is 10.1 Å². The minimum atomic E-state index is -2.94. The minimum Gasteiger partial charge on any atom is -0.494 e. The highest BCUT2D eigenvalue weighted by molar-refractivity contribution is 7.91. The normalized spacial score (nSPS) is 17.2. The highest BCUT2D eigenvalue weighted by Crippen LogP contribution is 2.29. The third-order valence-electron chi connectivity index (χ3n) is 3.76. The fourth-order valence-corrected chi connectivity index (χ4v) is 3.62. The zero-order valence-electron chi connectivity index (χ0n) is 13.2. The van der Waals surface area contributed by atoms with E-state index in [-0.39, 0.29) is 35.3 Å². The van der Waals surface area contributed by atoms with E-state index in [4.69, 9.17) is 4.74 Å². The molecule has 1 aromatic rings. The van der Waals surface area contributed by atoms with Crippen LogP contribution in [-0.4, -0.2) is 62.4 Å². The van der Waals surface area contributed by atoms with Gasteiger partial charge in [0.15, 0.2) is 9.84 Å². The first-order valence-electron chi connectivity index (χ1n) is 7.36. The number of amides is 1. The molecule has 0 radical (unpaired) electrons. The second-order valence-electron chi connectivity index (χ2n) is 5.43. The number of benzene rings is 1. The summed E-state index contributed by atoms with van der Waals surface area (Å²) in [7, 11) is -1.57. The summed E-state index contributed by atoms with van der Waals surface area (Å²) in [5.41, 5.74) is 0.230. The molecule has 0 aromatic heterocycles. The molecular formula is C14H19N3O6S. The maximum Gasteiger partial charge on any atom is 0.273 e. The van der Waals surface area contributed by atoms with Crippen molar-refractivity contribution in [2.75, 3.05) is 43.6 Å². The lowest BCUT2D eigenvalue weighted by Crippen LogP contribution is -2.41. The van der Waals surface area contributed by atoms with E-state index in [1.165, 1.54) is 25.3 Å².